The van der Waals surface area contributed by atoms with Crippen LogP contribution >= 0.6 is 11.6 Å². The van der Waals surface area contributed by atoms with Crippen LogP contribution < -0.4 is 10.9 Å². The fourth-order valence-corrected chi connectivity index (χ4v) is 4.50. The molecular formula is C27H21ClF2N6O2. The Hall–Kier alpha value is -4.44. The lowest BCUT2D eigenvalue weighted by Crippen LogP contribution is -2.31. The smallest absolute Gasteiger partial charge is 0.259 e. The number of carbonyl (C=O) groups is 1. The van der Waals surface area contributed by atoms with Crippen molar-refractivity contribution in [1.29, 1.82) is 0 Å². The van der Waals surface area contributed by atoms with Crippen molar-refractivity contribution in [3.05, 3.63) is 116 Å². The molecule has 3 aromatic carbocycles. The molecule has 0 fully saturated rings. The number of fused-ring (bicyclic) bond motifs is 1. The van der Waals surface area contributed by atoms with Crippen LogP contribution in [0.1, 0.15) is 39.1 Å². The van der Waals surface area contributed by atoms with E-state index in [2.05, 4.69) is 25.4 Å². The summed E-state index contributed by atoms with van der Waals surface area (Å²) in [4.78, 5) is 37.1. The summed E-state index contributed by atoms with van der Waals surface area (Å²) in [6.45, 7) is 3.36. The first-order valence-electron chi connectivity index (χ1n) is 11.6. The molecule has 0 aliphatic rings. The number of carbonyl (C=O) groups excluding carboxylic acids is 1. The lowest BCUT2D eigenvalue weighted by molar-refractivity contribution is 0.0952. The second-order valence-electron chi connectivity index (χ2n) is 8.76. The predicted octanol–water partition coefficient (Wildman–Crippen LogP) is 4.61. The Labute approximate surface area is 220 Å². The maximum atomic E-state index is 14.6. The third-order valence-electron chi connectivity index (χ3n) is 6.15. The van der Waals surface area contributed by atoms with E-state index in [-0.39, 0.29) is 33.9 Å². The lowest BCUT2D eigenvalue weighted by atomic mass is 9.97. The number of hydrogen-bond acceptors (Lipinski definition) is 5. The average molecular weight is 535 g/mol. The molecule has 192 valence electrons. The number of rotatable bonds is 6. The van der Waals surface area contributed by atoms with E-state index in [0.29, 0.717) is 22.6 Å². The van der Waals surface area contributed by atoms with Gasteiger partial charge in [-0.15, -0.1) is 0 Å². The van der Waals surface area contributed by atoms with Crippen LogP contribution in [0.25, 0.3) is 16.6 Å². The molecule has 11 heteroatoms. The number of halogens is 3. The summed E-state index contributed by atoms with van der Waals surface area (Å²) in [5.41, 5.74) is 1.20. The number of benzene rings is 3. The summed E-state index contributed by atoms with van der Waals surface area (Å²) >= 11 is 6.40. The topological polar surface area (TPSA) is 106 Å². The Morgan fingerprint density at radius 3 is 2.66 bits per heavy atom. The fourth-order valence-electron chi connectivity index (χ4n) is 4.24. The van der Waals surface area contributed by atoms with Gasteiger partial charge >= 0.3 is 0 Å². The molecule has 5 rings (SSSR count). The maximum Gasteiger partial charge on any atom is 0.259 e. The number of nitrogens with one attached hydrogen (secondary N) is 2. The Balaban J connectivity index is 1.48. The van der Waals surface area contributed by atoms with Gasteiger partial charge in [0.25, 0.3) is 11.5 Å². The van der Waals surface area contributed by atoms with Crippen molar-refractivity contribution >= 4 is 28.4 Å². The molecule has 2 heterocycles. The van der Waals surface area contributed by atoms with Gasteiger partial charge in [-0.3, -0.25) is 9.59 Å². The zero-order valence-corrected chi connectivity index (χ0v) is 21.1. The minimum atomic E-state index is -0.789. The van der Waals surface area contributed by atoms with E-state index in [9.17, 15) is 18.4 Å². The van der Waals surface area contributed by atoms with Gasteiger partial charge in [0.05, 0.1) is 27.6 Å². The van der Waals surface area contributed by atoms with E-state index in [1.165, 1.54) is 41.3 Å². The van der Waals surface area contributed by atoms with E-state index in [4.69, 9.17) is 11.6 Å². The van der Waals surface area contributed by atoms with E-state index in [0.717, 1.165) is 0 Å². The van der Waals surface area contributed by atoms with Crippen molar-refractivity contribution in [1.82, 2.24) is 30.0 Å². The molecule has 0 aliphatic heterocycles. The molecule has 2 aromatic heterocycles. The Morgan fingerprint density at radius 2 is 1.95 bits per heavy atom. The summed E-state index contributed by atoms with van der Waals surface area (Å²) in [5, 5.41) is 7.32. The molecule has 5 aromatic rings. The van der Waals surface area contributed by atoms with Crippen LogP contribution in [0.15, 0.2) is 65.7 Å². The molecule has 0 bridgehead atoms. The normalized spacial score (nSPS) is 12.0. The third-order valence-corrected chi connectivity index (χ3v) is 6.47. The van der Waals surface area contributed by atoms with Crippen LogP contribution in [0, 0.1) is 25.5 Å². The van der Waals surface area contributed by atoms with E-state index < -0.39 is 29.0 Å². The van der Waals surface area contributed by atoms with Gasteiger partial charge in [0.15, 0.2) is 0 Å². The molecule has 1 atom stereocenters. The van der Waals surface area contributed by atoms with Gasteiger partial charge in [-0.25, -0.2) is 23.4 Å². The Bertz CT molecular complexity index is 1750. The van der Waals surface area contributed by atoms with Crippen molar-refractivity contribution in [2.75, 3.05) is 6.54 Å². The molecule has 0 saturated carbocycles. The molecule has 1 amide bonds. The Morgan fingerprint density at radius 1 is 1.13 bits per heavy atom. The molecule has 2 N–H and O–H groups in total. The van der Waals surface area contributed by atoms with Gasteiger partial charge in [-0.2, -0.15) is 5.10 Å². The number of amides is 1. The number of aromatic nitrogens is 5. The van der Waals surface area contributed by atoms with Crippen LogP contribution in [0.2, 0.25) is 5.02 Å². The van der Waals surface area contributed by atoms with Gasteiger partial charge < -0.3 is 10.3 Å². The minimum Gasteiger partial charge on any atom is -0.351 e. The van der Waals surface area contributed by atoms with Crippen LogP contribution in [0.4, 0.5) is 8.78 Å². The lowest BCUT2D eigenvalue weighted by Gasteiger charge is -2.19. The van der Waals surface area contributed by atoms with Crippen LogP contribution in [0.3, 0.4) is 0 Å². The summed E-state index contributed by atoms with van der Waals surface area (Å²) in [7, 11) is 0. The molecule has 0 aliphatic carbocycles. The van der Waals surface area contributed by atoms with Crippen LogP contribution in [0.5, 0.6) is 0 Å². The largest absolute Gasteiger partial charge is 0.351 e. The quantitative estimate of drug-likeness (QED) is 0.331. The van der Waals surface area contributed by atoms with Gasteiger partial charge in [0.2, 0.25) is 0 Å². The summed E-state index contributed by atoms with van der Waals surface area (Å²) in [6, 6.07) is 13.2. The molecule has 38 heavy (non-hydrogen) atoms. The Kier molecular flexibility index (Phi) is 6.73. The first-order valence-corrected chi connectivity index (χ1v) is 12.0. The molecular weight excluding hydrogens is 514 g/mol. The number of H-pyrrole nitrogens is 1. The highest BCUT2D eigenvalue weighted by Gasteiger charge is 2.22. The van der Waals surface area contributed by atoms with Crippen molar-refractivity contribution in [2.45, 2.75) is 19.8 Å². The summed E-state index contributed by atoms with van der Waals surface area (Å²) < 4.78 is 30.3. The van der Waals surface area contributed by atoms with Gasteiger partial charge in [0.1, 0.15) is 35.1 Å². The first kappa shape index (κ1) is 25.2. The van der Waals surface area contributed by atoms with Crippen LogP contribution in [-0.2, 0) is 0 Å². The van der Waals surface area contributed by atoms with Gasteiger partial charge in [0, 0.05) is 6.54 Å². The monoisotopic (exact) mass is 534 g/mol. The second-order valence-corrected chi connectivity index (χ2v) is 9.16. The van der Waals surface area contributed by atoms with Crippen molar-refractivity contribution in [3.8, 4) is 5.69 Å². The van der Waals surface area contributed by atoms with Crippen molar-refractivity contribution in [2.24, 2.45) is 0 Å². The highest BCUT2D eigenvalue weighted by Crippen LogP contribution is 2.25. The number of hydrogen-bond donors (Lipinski definition) is 2. The van der Waals surface area contributed by atoms with Crippen LogP contribution in [-0.4, -0.2) is 37.2 Å². The molecule has 0 radical (unpaired) electrons. The molecule has 0 unspecified atom stereocenters. The number of nitrogens with zero attached hydrogens (tertiary/aromatic N) is 4. The zero-order chi connectivity index (χ0) is 27.0. The standard InChI is InChI=1S/C27H21ClF2N6O2/c1-14-6-9-22(30)24-23(14)27(38)34-25(33-24)20(16-4-3-5-17(29)10-16)12-31-26(37)19-8-7-18(11-21(19)28)36-13-32-15(2)35-36/h3-11,13,20H,12H2,1-2H3,(H,31,37)(H,33,34,38)/t20-/m0/s1. The van der Waals surface area contributed by atoms with Gasteiger partial charge in [-0.1, -0.05) is 29.8 Å². The summed E-state index contributed by atoms with van der Waals surface area (Å²) in [5.74, 6) is -1.78. The van der Waals surface area contributed by atoms with Crippen molar-refractivity contribution in [3.63, 3.8) is 0 Å². The van der Waals surface area contributed by atoms with E-state index in [1.807, 2.05) is 0 Å². The number of aryl methyl sites for hydroxylation is 2. The fraction of sp³-hybridized carbons (Fsp3) is 0.148. The molecule has 0 spiro atoms. The second kappa shape index (κ2) is 10.1. The summed E-state index contributed by atoms with van der Waals surface area (Å²) in [6.07, 6.45) is 1.53. The first-order chi connectivity index (χ1) is 18.2. The van der Waals surface area contributed by atoms with Gasteiger partial charge in [-0.05, 0) is 61.4 Å². The highest BCUT2D eigenvalue weighted by molar-refractivity contribution is 6.34. The minimum absolute atomic E-state index is 0.0788. The maximum absolute atomic E-state index is 14.6. The van der Waals surface area contributed by atoms with E-state index in [1.54, 1.807) is 38.1 Å². The third kappa shape index (κ3) is 4.90. The predicted molar refractivity (Wildman–Crippen MR) is 139 cm³/mol. The molecule has 0 saturated heterocycles. The average Bonchev–Trinajstić information content (AvgIpc) is 3.32. The number of aromatic amines is 1. The van der Waals surface area contributed by atoms with E-state index >= 15 is 0 Å². The van der Waals surface area contributed by atoms with Crippen molar-refractivity contribution < 1.29 is 13.6 Å². The zero-order valence-electron chi connectivity index (χ0n) is 20.3. The SMILES string of the molecule is Cc1ncn(-c2ccc(C(=O)NC[C@@H](c3cccc(F)c3)c3nc4c(F)ccc(C)c4c(=O)[nH]3)c(Cl)c2)n1. The molecule has 8 nitrogen and oxygen atoms in total. The highest BCUT2D eigenvalue weighted by atomic mass is 35.5.